The molecule has 12 heavy (non-hydrogen) atoms. The predicted octanol–water partition coefficient (Wildman–Crippen LogP) is -0.306. The molecule has 0 radical (unpaired) electrons. The van der Waals surface area contributed by atoms with Crippen LogP contribution < -0.4 is 5.32 Å². The van der Waals surface area contributed by atoms with Crippen LogP contribution >= 0.6 is 12.4 Å². The van der Waals surface area contributed by atoms with Crippen molar-refractivity contribution in [2.75, 3.05) is 13.7 Å². The number of hydrogen-bond acceptors (Lipinski definition) is 4. The Balaban J connectivity index is 0.00000121. The summed E-state index contributed by atoms with van der Waals surface area (Å²) < 4.78 is 4.49. The molecular weight excluding hydrogens is 182 g/mol. The Bertz CT molecular complexity index is 154. The highest BCUT2D eigenvalue weighted by atomic mass is 35.5. The Hall–Kier alpha value is -0.320. The summed E-state index contributed by atoms with van der Waals surface area (Å²) in [5.41, 5.74) is 0. The van der Waals surface area contributed by atoms with Crippen molar-refractivity contribution in [3.8, 4) is 0 Å². The molecule has 1 rings (SSSR count). The normalized spacial score (nSPS) is 27.8. The van der Waals surface area contributed by atoms with Crippen molar-refractivity contribution < 1.29 is 14.6 Å². The molecule has 0 unspecified atom stereocenters. The van der Waals surface area contributed by atoms with Gasteiger partial charge in [0.15, 0.2) is 0 Å². The minimum Gasteiger partial charge on any atom is -0.469 e. The van der Waals surface area contributed by atoms with Gasteiger partial charge >= 0.3 is 5.97 Å². The van der Waals surface area contributed by atoms with Crippen molar-refractivity contribution in [1.29, 1.82) is 0 Å². The van der Waals surface area contributed by atoms with Crippen molar-refractivity contribution in [3.63, 3.8) is 0 Å². The molecule has 2 N–H and O–H groups in total. The van der Waals surface area contributed by atoms with Gasteiger partial charge in [-0.05, 0) is 6.42 Å². The summed E-state index contributed by atoms with van der Waals surface area (Å²) in [7, 11) is 1.37. The fraction of sp³-hybridized carbons (Fsp3) is 0.857. The van der Waals surface area contributed by atoms with Crippen LogP contribution in [0.25, 0.3) is 0 Å². The van der Waals surface area contributed by atoms with Gasteiger partial charge in [-0.25, -0.2) is 0 Å². The number of esters is 1. The third-order valence-electron chi connectivity index (χ3n) is 1.84. The number of aliphatic hydroxyl groups excluding tert-OH is 1. The van der Waals surface area contributed by atoms with Gasteiger partial charge in [-0.1, -0.05) is 0 Å². The molecule has 0 amide bonds. The predicted molar refractivity (Wildman–Crippen MR) is 46.3 cm³/mol. The van der Waals surface area contributed by atoms with E-state index in [9.17, 15) is 4.79 Å². The van der Waals surface area contributed by atoms with E-state index >= 15 is 0 Å². The molecular formula is C7H14ClNO3. The zero-order valence-electron chi connectivity index (χ0n) is 6.95. The molecule has 1 heterocycles. The fourth-order valence-corrected chi connectivity index (χ4v) is 1.24. The number of halogens is 1. The Kier molecular flexibility index (Phi) is 5.20. The zero-order valence-corrected chi connectivity index (χ0v) is 7.76. The molecule has 0 saturated carbocycles. The molecule has 4 nitrogen and oxygen atoms in total. The molecule has 0 aromatic carbocycles. The van der Waals surface area contributed by atoms with Gasteiger partial charge in [-0.3, -0.25) is 4.79 Å². The van der Waals surface area contributed by atoms with Crippen LogP contribution in [0.2, 0.25) is 0 Å². The number of methoxy groups -OCH3 is 1. The molecule has 0 aliphatic carbocycles. The highest BCUT2D eigenvalue weighted by Crippen LogP contribution is 2.09. The second kappa shape index (κ2) is 5.35. The van der Waals surface area contributed by atoms with Gasteiger partial charge in [0.05, 0.1) is 19.6 Å². The number of carbonyl (C=O) groups is 1. The monoisotopic (exact) mass is 195 g/mol. The Morgan fingerprint density at radius 2 is 2.42 bits per heavy atom. The summed E-state index contributed by atoms with van der Waals surface area (Å²) in [5.74, 6) is -0.225. The number of aliphatic hydroxyl groups is 1. The van der Waals surface area contributed by atoms with Crippen molar-refractivity contribution in [3.05, 3.63) is 0 Å². The first-order chi connectivity index (χ1) is 5.22. The molecule has 1 aliphatic rings. The SMILES string of the molecule is COC(=O)C[C@H]1C[C@H](O)CN1.Cl. The van der Waals surface area contributed by atoms with Crippen LogP contribution in [-0.2, 0) is 9.53 Å². The molecule has 1 aliphatic heterocycles. The first kappa shape index (κ1) is 11.7. The van der Waals surface area contributed by atoms with E-state index < -0.39 is 0 Å². The minimum atomic E-state index is -0.301. The fourth-order valence-electron chi connectivity index (χ4n) is 1.24. The molecule has 1 fully saturated rings. The summed E-state index contributed by atoms with van der Waals surface area (Å²) in [6.45, 7) is 0.585. The van der Waals surface area contributed by atoms with E-state index in [1.165, 1.54) is 7.11 Å². The van der Waals surface area contributed by atoms with Crippen LogP contribution in [0, 0.1) is 0 Å². The van der Waals surface area contributed by atoms with Crippen molar-refractivity contribution in [1.82, 2.24) is 5.32 Å². The number of carbonyl (C=O) groups excluding carboxylic acids is 1. The Morgan fingerprint density at radius 1 is 1.75 bits per heavy atom. The number of nitrogens with one attached hydrogen (secondary N) is 1. The second-order valence-corrected chi connectivity index (χ2v) is 2.77. The van der Waals surface area contributed by atoms with E-state index in [2.05, 4.69) is 10.1 Å². The molecule has 5 heteroatoms. The molecule has 0 aromatic heterocycles. The maximum atomic E-state index is 10.7. The third kappa shape index (κ3) is 3.38. The number of ether oxygens (including phenoxy) is 1. The maximum Gasteiger partial charge on any atom is 0.307 e. The van der Waals surface area contributed by atoms with E-state index in [0.717, 1.165) is 0 Å². The van der Waals surface area contributed by atoms with Gasteiger partial charge in [-0.15, -0.1) is 12.4 Å². The van der Waals surface area contributed by atoms with Gasteiger partial charge in [-0.2, -0.15) is 0 Å². The zero-order chi connectivity index (χ0) is 8.27. The molecule has 0 aromatic rings. The molecule has 0 spiro atoms. The lowest BCUT2D eigenvalue weighted by atomic mass is 10.1. The van der Waals surface area contributed by atoms with Gasteiger partial charge in [0.1, 0.15) is 0 Å². The van der Waals surface area contributed by atoms with Gasteiger partial charge < -0.3 is 15.2 Å². The van der Waals surface area contributed by atoms with E-state index in [1.807, 2.05) is 0 Å². The van der Waals surface area contributed by atoms with Crippen LogP contribution in [0.4, 0.5) is 0 Å². The first-order valence-electron chi connectivity index (χ1n) is 3.70. The standard InChI is InChI=1S/C7H13NO3.ClH/c1-11-7(10)3-5-2-6(9)4-8-5;/h5-6,8-9H,2-4H2,1H3;1H/t5-,6+;/m1./s1. The van der Waals surface area contributed by atoms with Crippen LogP contribution in [0.3, 0.4) is 0 Å². The average molecular weight is 196 g/mol. The minimum absolute atomic E-state index is 0. The lowest BCUT2D eigenvalue weighted by molar-refractivity contribution is -0.141. The van der Waals surface area contributed by atoms with Crippen molar-refractivity contribution in [2.24, 2.45) is 0 Å². The first-order valence-corrected chi connectivity index (χ1v) is 3.70. The van der Waals surface area contributed by atoms with E-state index in [-0.39, 0.29) is 30.5 Å². The third-order valence-corrected chi connectivity index (χ3v) is 1.84. The van der Waals surface area contributed by atoms with Crippen LogP contribution in [0.5, 0.6) is 0 Å². The maximum absolute atomic E-state index is 10.7. The highest BCUT2D eigenvalue weighted by molar-refractivity contribution is 5.85. The van der Waals surface area contributed by atoms with Crippen LogP contribution in [0.15, 0.2) is 0 Å². The molecule has 0 bridgehead atoms. The van der Waals surface area contributed by atoms with E-state index in [1.54, 1.807) is 0 Å². The summed E-state index contributed by atoms with van der Waals surface area (Å²) in [5, 5.41) is 12.1. The lowest BCUT2D eigenvalue weighted by Crippen LogP contribution is -2.25. The van der Waals surface area contributed by atoms with Gasteiger partial charge in [0.25, 0.3) is 0 Å². The molecule has 72 valence electrons. The number of β-amino-alcohol motifs (C(OH)–C–C–N with tert-alkyl or cyclic N) is 1. The highest BCUT2D eigenvalue weighted by Gasteiger charge is 2.24. The lowest BCUT2D eigenvalue weighted by Gasteiger charge is -2.06. The summed E-state index contributed by atoms with van der Waals surface area (Å²) >= 11 is 0. The topological polar surface area (TPSA) is 58.6 Å². The van der Waals surface area contributed by atoms with E-state index in [4.69, 9.17) is 5.11 Å². The Labute approximate surface area is 77.7 Å². The second-order valence-electron chi connectivity index (χ2n) is 2.77. The number of rotatable bonds is 2. The number of hydrogen-bond donors (Lipinski definition) is 2. The van der Waals surface area contributed by atoms with Gasteiger partial charge in [0.2, 0.25) is 0 Å². The average Bonchev–Trinajstić information content (AvgIpc) is 2.35. The van der Waals surface area contributed by atoms with Crippen LogP contribution in [-0.4, -0.2) is 36.9 Å². The van der Waals surface area contributed by atoms with Gasteiger partial charge in [0, 0.05) is 12.6 Å². The van der Waals surface area contributed by atoms with Crippen molar-refractivity contribution >= 4 is 18.4 Å². The summed E-state index contributed by atoms with van der Waals surface area (Å²) in [6, 6.07) is 0.0949. The van der Waals surface area contributed by atoms with Crippen LogP contribution in [0.1, 0.15) is 12.8 Å². The van der Waals surface area contributed by atoms with Crippen molar-refractivity contribution in [2.45, 2.75) is 25.0 Å². The molecule has 2 atom stereocenters. The Morgan fingerprint density at radius 3 is 2.83 bits per heavy atom. The summed E-state index contributed by atoms with van der Waals surface area (Å²) in [4.78, 5) is 10.7. The largest absolute Gasteiger partial charge is 0.469 e. The smallest absolute Gasteiger partial charge is 0.307 e. The summed E-state index contributed by atoms with van der Waals surface area (Å²) in [6.07, 6.45) is 0.701. The quantitative estimate of drug-likeness (QED) is 0.594. The molecule has 1 saturated heterocycles. The van der Waals surface area contributed by atoms with E-state index in [0.29, 0.717) is 19.4 Å².